The van der Waals surface area contributed by atoms with Gasteiger partial charge < -0.3 is 0 Å². The van der Waals surface area contributed by atoms with Gasteiger partial charge in [0.05, 0.1) is 0 Å². The molecule has 0 atom stereocenters. The van der Waals surface area contributed by atoms with E-state index in [4.69, 9.17) is 0 Å². The smallest absolute Gasteiger partial charge is 0.185 e. The predicted octanol–water partition coefficient (Wildman–Crippen LogP) is 9.61. The van der Waals surface area contributed by atoms with E-state index >= 15 is 0 Å². The molecule has 0 unspecified atom stereocenters. The van der Waals surface area contributed by atoms with Crippen LogP contribution in [0.1, 0.15) is 118 Å². The number of aryl methyl sites for hydroxylation is 1. The van der Waals surface area contributed by atoms with Crippen molar-refractivity contribution in [1.29, 1.82) is 0 Å². The molecular formula is C31H44O. The number of hydrogen-bond donors (Lipinski definition) is 0. The molecule has 0 spiro atoms. The molecule has 0 bridgehead atoms. The zero-order valence-electron chi connectivity index (χ0n) is 20.4. The van der Waals surface area contributed by atoms with Gasteiger partial charge in [-0.05, 0) is 30.0 Å². The van der Waals surface area contributed by atoms with Crippen molar-refractivity contribution >= 4 is 11.9 Å². The van der Waals surface area contributed by atoms with E-state index in [1.54, 1.807) is 6.08 Å². The molecule has 1 heteroatoms. The first-order valence-corrected chi connectivity index (χ1v) is 13.2. The fourth-order valence-corrected chi connectivity index (χ4v) is 4.30. The third-order valence-electron chi connectivity index (χ3n) is 6.33. The fraction of sp³-hybridized carbons (Fsp3) is 0.516. The molecule has 174 valence electrons. The summed E-state index contributed by atoms with van der Waals surface area (Å²) in [4.78, 5) is 12.3. The monoisotopic (exact) mass is 432 g/mol. The minimum Gasteiger partial charge on any atom is -0.289 e. The van der Waals surface area contributed by atoms with Gasteiger partial charge in [0.15, 0.2) is 5.78 Å². The Bertz CT molecular complexity index is 759. The summed E-state index contributed by atoms with van der Waals surface area (Å²) in [5, 5.41) is 0. The third-order valence-corrected chi connectivity index (χ3v) is 6.33. The Labute approximate surface area is 197 Å². The number of unbranched alkanes of at least 4 members (excludes halogenated alkanes) is 13. The van der Waals surface area contributed by atoms with E-state index < -0.39 is 0 Å². The number of benzene rings is 2. The first kappa shape index (κ1) is 26.1. The summed E-state index contributed by atoms with van der Waals surface area (Å²) in [5.41, 5.74) is 3.27. The Morgan fingerprint density at radius 2 is 1.12 bits per heavy atom. The minimum absolute atomic E-state index is 0.0666. The van der Waals surface area contributed by atoms with E-state index in [9.17, 15) is 4.79 Å². The second kappa shape index (κ2) is 17.4. The number of ketones is 1. The molecule has 1 nitrogen and oxygen atoms in total. The van der Waals surface area contributed by atoms with Gasteiger partial charge in [-0.15, -0.1) is 0 Å². The molecule has 0 saturated carbocycles. The molecule has 2 rings (SSSR count). The predicted molar refractivity (Wildman–Crippen MR) is 140 cm³/mol. The Morgan fingerprint density at radius 3 is 1.72 bits per heavy atom. The molecule has 0 aliphatic rings. The number of carbonyl (C=O) groups is 1. The van der Waals surface area contributed by atoms with Gasteiger partial charge in [0.1, 0.15) is 0 Å². The molecule has 2 aromatic rings. The minimum atomic E-state index is 0.0666. The lowest BCUT2D eigenvalue weighted by atomic mass is 9.99. The Balaban J connectivity index is 1.55. The van der Waals surface area contributed by atoms with Crippen molar-refractivity contribution in [2.75, 3.05) is 0 Å². The molecule has 2 aromatic carbocycles. The van der Waals surface area contributed by atoms with E-state index in [1.807, 2.05) is 36.4 Å². The van der Waals surface area contributed by atoms with E-state index in [1.165, 1.54) is 101 Å². The van der Waals surface area contributed by atoms with Gasteiger partial charge in [-0.3, -0.25) is 4.79 Å². The van der Waals surface area contributed by atoms with Crippen molar-refractivity contribution in [1.82, 2.24) is 0 Å². The van der Waals surface area contributed by atoms with E-state index in [0.717, 1.165) is 12.0 Å². The maximum Gasteiger partial charge on any atom is 0.185 e. The SMILES string of the molecule is CCCCCCCCCCCCCCCCc1ccccc1C=CC(=O)c1ccccc1. The molecule has 32 heavy (non-hydrogen) atoms. The highest BCUT2D eigenvalue weighted by Crippen LogP contribution is 2.17. The maximum atomic E-state index is 12.3. The molecule has 0 aromatic heterocycles. The summed E-state index contributed by atoms with van der Waals surface area (Å²) in [7, 11) is 0. The first-order chi connectivity index (χ1) is 15.8. The maximum absolute atomic E-state index is 12.3. The number of hydrogen-bond acceptors (Lipinski definition) is 1. The normalized spacial score (nSPS) is 11.3. The summed E-state index contributed by atoms with van der Waals surface area (Å²) in [6.07, 6.45) is 24.2. The first-order valence-electron chi connectivity index (χ1n) is 13.2. The summed E-state index contributed by atoms with van der Waals surface area (Å²) >= 11 is 0. The molecule has 0 aliphatic heterocycles. The highest BCUT2D eigenvalue weighted by molar-refractivity contribution is 6.06. The van der Waals surface area contributed by atoms with Gasteiger partial charge in [0.2, 0.25) is 0 Å². The summed E-state index contributed by atoms with van der Waals surface area (Å²) in [6.45, 7) is 2.29. The van der Waals surface area contributed by atoms with Crippen LogP contribution in [0, 0.1) is 0 Å². The highest BCUT2D eigenvalue weighted by Gasteiger charge is 2.03. The summed E-state index contributed by atoms with van der Waals surface area (Å²) in [5.74, 6) is 0.0666. The van der Waals surface area contributed by atoms with E-state index in [0.29, 0.717) is 0 Å². The van der Waals surface area contributed by atoms with Crippen LogP contribution in [0.3, 0.4) is 0 Å². The zero-order valence-corrected chi connectivity index (χ0v) is 20.4. The molecule has 0 fully saturated rings. The number of allylic oxidation sites excluding steroid dienone is 1. The lowest BCUT2D eigenvalue weighted by Gasteiger charge is -2.06. The van der Waals surface area contributed by atoms with Crippen LogP contribution in [-0.4, -0.2) is 5.78 Å². The standard InChI is InChI=1S/C31H44O/c1-2-3-4-5-6-7-8-9-10-11-12-13-14-16-21-28-22-19-20-23-29(28)26-27-31(32)30-24-17-15-18-25-30/h15,17-20,22-27H,2-14,16,21H2,1H3. The van der Waals surface area contributed by atoms with Crippen LogP contribution < -0.4 is 0 Å². The van der Waals surface area contributed by atoms with Crippen molar-refractivity contribution in [2.45, 2.75) is 103 Å². The molecular weight excluding hydrogens is 388 g/mol. The Kier molecular flexibility index (Phi) is 14.2. The van der Waals surface area contributed by atoms with Gasteiger partial charge in [0, 0.05) is 5.56 Å². The second-order valence-electron chi connectivity index (χ2n) is 9.11. The van der Waals surface area contributed by atoms with Crippen LogP contribution in [0.4, 0.5) is 0 Å². The van der Waals surface area contributed by atoms with Gasteiger partial charge in [-0.25, -0.2) is 0 Å². The van der Waals surface area contributed by atoms with Crippen molar-refractivity contribution in [3.63, 3.8) is 0 Å². The lowest BCUT2D eigenvalue weighted by molar-refractivity contribution is 0.104. The van der Waals surface area contributed by atoms with Crippen LogP contribution in [0.5, 0.6) is 0 Å². The summed E-state index contributed by atoms with van der Waals surface area (Å²) < 4.78 is 0. The zero-order chi connectivity index (χ0) is 22.7. The molecule has 0 N–H and O–H groups in total. The van der Waals surface area contributed by atoms with Crippen molar-refractivity contribution in [2.24, 2.45) is 0 Å². The van der Waals surface area contributed by atoms with Crippen LogP contribution in [0.2, 0.25) is 0 Å². The van der Waals surface area contributed by atoms with Crippen LogP contribution >= 0.6 is 0 Å². The average molecular weight is 433 g/mol. The van der Waals surface area contributed by atoms with Gasteiger partial charge in [-0.2, -0.15) is 0 Å². The quantitative estimate of drug-likeness (QED) is 0.130. The fourth-order valence-electron chi connectivity index (χ4n) is 4.30. The van der Waals surface area contributed by atoms with Crippen LogP contribution in [0.25, 0.3) is 6.08 Å². The molecule has 0 saturated heterocycles. The van der Waals surface area contributed by atoms with Gasteiger partial charge >= 0.3 is 0 Å². The topological polar surface area (TPSA) is 17.1 Å². The molecule has 0 radical (unpaired) electrons. The molecule has 0 heterocycles. The molecule has 0 amide bonds. The average Bonchev–Trinajstić information content (AvgIpc) is 2.84. The molecule has 0 aliphatic carbocycles. The lowest BCUT2D eigenvalue weighted by Crippen LogP contribution is -1.94. The van der Waals surface area contributed by atoms with Crippen molar-refractivity contribution in [3.05, 3.63) is 77.4 Å². The van der Waals surface area contributed by atoms with Crippen molar-refractivity contribution in [3.8, 4) is 0 Å². The van der Waals surface area contributed by atoms with E-state index in [2.05, 4.69) is 31.2 Å². The van der Waals surface area contributed by atoms with Crippen molar-refractivity contribution < 1.29 is 4.79 Å². The third kappa shape index (κ3) is 11.5. The number of rotatable bonds is 18. The largest absolute Gasteiger partial charge is 0.289 e. The van der Waals surface area contributed by atoms with Crippen LogP contribution in [0.15, 0.2) is 60.7 Å². The van der Waals surface area contributed by atoms with Gasteiger partial charge in [0.25, 0.3) is 0 Å². The van der Waals surface area contributed by atoms with Crippen LogP contribution in [-0.2, 0) is 6.42 Å². The second-order valence-corrected chi connectivity index (χ2v) is 9.11. The Morgan fingerprint density at radius 1 is 0.625 bits per heavy atom. The summed E-state index contributed by atoms with van der Waals surface area (Å²) in [6, 6.07) is 18.0. The number of carbonyl (C=O) groups excluding carboxylic acids is 1. The Hall–Kier alpha value is -2.15. The highest BCUT2D eigenvalue weighted by atomic mass is 16.1. The van der Waals surface area contributed by atoms with E-state index in [-0.39, 0.29) is 5.78 Å². The van der Waals surface area contributed by atoms with Gasteiger partial charge in [-0.1, -0.05) is 151 Å².